The van der Waals surface area contributed by atoms with Crippen molar-refractivity contribution in [1.82, 2.24) is 4.98 Å². The van der Waals surface area contributed by atoms with Crippen LogP contribution >= 0.6 is 11.3 Å². The number of rotatable bonds is 7. The molecule has 1 aromatic rings. The molecule has 1 atom stereocenters. The molecule has 0 aromatic carbocycles. The smallest absolute Gasteiger partial charge is 0.350 e. The molecule has 1 N–H and O–H groups in total. The fourth-order valence-electron chi connectivity index (χ4n) is 1.98. The van der Waals surface area contributed by atoms with Crippen LogP contribution in [0, 0.1) is 11.3 Å². The van der Waals surface area contributed by atoms with Crippen molar-refractivity contribution in [1.29, 1.82) is 5.41 Å². The van der Waals surface area contributed by atoms with Crippen LogP contribution in [0.15, 0.2) is 17.7 Å². The Hall–Kier alpha value is -1.75. The van der Waals surface area contributed by atoms with Crippen molar-refractivity contribution in [3.8, 4) is 0 Å². The van der Waals surface area contributed by atoms with Crippen LogP contribution in [0.1, 0.15) is 55.0 Å². The summed E-state index contributed by atoms with van der Waals surface area (Å²) in [6.07, 6.45) is 5.69. The summed E-state index contributed by atoms with van der Waals surface area (Å²) in [6, 6.07) is 0. The highest BCUT2D eigenvalue weighted by atomic mass is 32.1. The monoisotopic (exact) mass is 320 g/mol. The number of ether oxygens (including phenoxy) is 1. The highest BCUT2D eigenvalue weighted by Crippen LogP contribution is 2.30. The molecule has 22 heavy (non-hydrogen) atoms. The summed E-state index contributed by atoms with van der Waals surface area (Å²) < 4.78 is 5.10. The van der Waals surface area contributed by atoms with Gasteiger partial charge in [0.1, 0.15) is 9.88 Å². The zero-order valence-electron chi connectivity index (χ0n) is 13.9. The minimum absolute atomic E-state index is 0.224. The molecular formula is C17H24N2O2S. The number of hydrogen-bond acceptors (Lipinski definition) is 5. The lowest BCUT2D eigenvalue weighted by Gasteiger charge is -2.10. The lowest BCUT2D eigenvalue weighted by molar-refractivity contribution is 0.0530. The molecule has 1 rings (SSSR count). The number of thiazole rings is 1. The number of nitrogens with one attached hydrogen (secondary N) is 1. The average Bonchev–Trinajstić information content (AvgIpc) is 2.95. The van der Waals surface area contributed by atoms with Crippen molar-refractivity contribution >= 4 is 29.1 Å². The van der Waals surface area contributed by atoms with E-state index in [-0.39, 0.29) is 11.9 Å². The predicted molar refractivity (Wildman–Crippen MR) is 92.8 cm³/mol. The van der Waals surface area contributed by atoms with Crippen molar-refractivity contribution in [3.63, 3.8) is 0 Å². The minimum Gasteiger partial charge on any atom is -0.462 e. The SMILES string of the molecule is CCOC(=O)c1sc(/C(C)=C(\C)C(C)/C=C\C=N)nc1CC. The van der Waals surface area contributed by atoms with Gasteiger partial charge in [-0.3, -0.25) is 0 Å². The minimum atomic E-state index is -0.287. The molecule has 120 valence electrons. The van der Waals surface area contributed by atoms with Gasteiger partial charge < -0.3 is 10.1 Å². The first-order chi connectivity index (χ1) is 10.5. The maximum Gasteiger partial charge on any atom is 0.350 e. The van der Waals surface area contributed by atoms with E-state index in [0.717, 1.165) is 16.3 Å². The van der Waals surface area contributed by atoms with Gasteiger partial charge in [0.2, 0.25) is 0 Å². The average molecular weight is 320 g/mol. The van der Waals surface area contributed by atoms with Crippen LogP contribution in [-0.2, 0) is 11.2 Å². The third-order valence-corrected chi connectivity index (χ3v) is 4.78. The summed E-state index contributed by atoms with van der Waals surface area (Å²) >= 11 is 1.40. The number of allylic oxidation sites excluding steroid dienone is 4. The zero-order valence-corrected chi connectivity index (χ0v) is 14.7. The van der Waals surface area contributed by atoms with Gasteiger partial charge in [-0.2, -0.15) is 0 Å². The second-order valence-electron chi connectivity index (χ2n) is 5.02. The second-order valence-corrected chi connectivity index (χ2v) is 6.02. The molecule has 0 bridgehead atoms. The number of aromatic nitrogens is 1. The van der Waals surface area contributed by atoms with Gasteiger partial charge in [-0.25, -0.2) is 9.78 Å². The highest BCUT2D eigenvalue weighted by molar-refractivity contribution is 7.14. The number of aryl methyl sites for hydroxylation is 1. The molecule has 5 heteroatoms. The van der Waals surface area contributed by atoms with Crippen molar-refractivity contribution in [2.45, 2.75) is 41.0 Å². The molecule has 0 fully saturated rings. The number of carbonyl (C=O) groups excluding carboxylic acids is 1. The Bertz CT molecular complexity index is 600. The lowest BCUT2D eigenvalue weighted by Crippen LogP contribution is -2.05. The quantitative estimate of drug-likeness (QED) is 0.593. The van der Waals surface area contributed by atoms with Gasteiger partial charge in [-0.15, -0.1) is 11.3 Å². The largest absolute Gasteiger partial charge is 0.462 e. The van der Waals surface area contributed by atoms with Gasteiger partial charge >= 0.3 is 5.97 Å². The van der Waals surface area contributed by atoms with Crippen LogP contribution in [0.2, 0.25) is 0 Å². The maximum atomic E-state index is 12.0. The van der Waals surface area contributed by atoms with Crippen LogP contribution in [0.25, 0.3) is 5.57 Å². The van der Waals surface area contributed by atoms with Crippen molar-refractivity contribution in [2.75, 3.05) is 6.61 Å². The van der Waals surface area contributed by atoms with Crippen LogP contribution in [0.3, 0.4) is 0 Å². The first-order valence-electron chi connectivity index (χ1n) is 7.47. The molecular weight excluding hydrogens is 296 g/mol. The van der Waals surface area contributed by atoms with E-state index in [2.05, 4.69) is 18.8 Å². The number of carbonyl (C=O) groups is 1. The van der Waals surface area contributed by atoms with Crippen LogP contribution in [0.4, 0.5) is 0 Å². The summed E-state index contributed by atoms with van der Waals surface area (Å²) in [5.41, 5.74) is 3.07. The Morgan fingerprint density at radius 2 is 2.09 bits per heavy atom. The maximum absolute atomic E-state index is 12.0. The first-order valence-corrected chi connectivity index (χ1v) is 8.29. The topological polar surface area (TPSA) is 63.0 Å². The molecule has 0 radical (unpaired) electrons. The second kappa shape index (κ2) is 8.63. The van der Waals surface area contributed by atoms with Crippen LogP contribution < -0.4 is 0 Å². The number of esters is 1. The molecule has 0 saturated heterocycles. The standard InChI is InChI=1S/C17H24N2O2S/c1-6-14-15(17(20)21-7-2)22-16(19-14)13(5)12(4)11(3)9-8-10-18/h8-11,18H,6-7H2,1-5H3/b9-8-,13-12+,18-10?. The third-order valence-electron chi connectivity index (χ3n) is 3.58. The number of nitrogens with zero attached hydrogens (tertiary/aromatic N) is 1. The summed E-state index contributed by atoms with van der Waals surface area (Å²) in [5.74, 6) is -0.0630. The van der Waals surface area contributed by atoms with E-state index in [4.69, 9.17) is 10.1 Å². The van der Waals surface area contributed by atoms with E-state index in [9.17, 15) is 4.79 Å². The molecule has 0 saturated carbocycles. The fourth-order valence-corrected chi connectivity index (χ4v) is 3.10. The molecule has 0 amide bonds. The Labute approximate surface area is 136 Å². The van der Waals surface area contributed by atoms with Gasteiger partial charge in [0.05, 0.1) is 12.3 Å². The van der Waals surface area contributed by atoms with Crippen LogP contribution in [-0.4, -0.2) is 23.8 Å². The molecule has 0 aliphatic heterocycles. The highest BCUT2D eigenvalue weighted by Gasteiger charge is 2.19. The van der Waals surface area contributed by atoms with Gasteiger partial charge in [0, 0.05) is 6.21 Å². The predicted octanol–water partition coefficient (Wildman–Crippen LogP) is 4.52. The molecule has 1 aromatic heterocycles. The molecule has 0 spiro atoms. The molecule has 4 nitrogen and oxygen atoms in total. The summed E-state index contributed by atoms with van der Waals surface area (Å²) in [7, 11) is 0. The van der Waals surface area contributed by atoms with E-state index < -0.39 is 0 Å². The van der Waals surface area contributed by atoms with E-state index >= 15 is 0 Å². The Morgan fingerprint density at radius 1 is 1.41 bits per heavy atom. The zero-order chi connectivity index (χ0) is 16.7. The van der Waals surface area contributed by atoms with E-state index in [1.807, 2.05) is 19.9 Å². The fraction of sp³-hybridized carbons (Fsp3) is 0.471. The lowest BCUT2D eigenvalue weighted by atomic mass is 9.98. The molecule has 0 aliphatic rings. The Balaban J connectivity index is 3.18. The van der Waals surface area contributed by atoms with Gasteiger partial charge in [0.25, 0.3) is 0 Å². The van der Waals surface area contributed by atoms with E-state index in [1.54, 1.807) is 13.0 Å². The molecule has 0 aliphatic carbocycles. The summed E-state index contributed by atoms with van der Waals surface area (Å²) in [6.45, 7) is 10.3. The van der Waals surface area contributed by atoms with Gasteiger partial charge in [0.15, 0.2) is 0 Å². The third kappa shape index (κ3) is 4.37. The first kappa shape index (κ1) is 18.3. The Kier molecular flexibility index (Phi) is 7.18. The number of hydrogen-bond donors (Lipinski definition) is 1. The van der Waals surface area contributed by atoms with Gasteiger partial charge in [-0.1, -0.05) is 25.5 Å². The molecule has 1 heterocycles. The summed E-state index contributed by atoms with van der Waals surface area (Å²) in [5, 5.41) is 7.93. The van der Waals surface area contributed by atoms with Crippen molar-refractivity contribution < 1.29 is 9.53 Å². The van der Waals surface area contributed by atoms with Crippen molar-refractivity contribution in [2.24, 2.45) is 5.92 Å². The van der Waals surface area contributed by atoms with Crippen LogP contribution in [0.5, 0.6) is 0 Å². The van der Waals surface area contributed by atoms with Gasteiger partial charge in [-0.05, 0) is 44.8 Å². The normalized spacial score (nSPS) is 13.9. The van der Waals surface area contributed by atoms with Crippen molar-refractivity contribution in [3.05, 3.63) is 33.3 Å². The molecule has 1 unspecified atom stereocenters. The van der Waals surface area contributed by atoms with E-state index in [1.165, 1.54) is 23.1 Å². The Morgan fingerprint density at radius 3 is 2.64 bits per heavy atom. The summed E-state index contributed by atoms with van der Waals surface area (Å²) in [4.78, 5) is 17.2. The van der Waals surface area contributed by atoms with E-state index in [0.29, 0.717) is 17.9 Å².